The maximum atomic E-state index is 2.54. The SMILES string of the molecule is CCC1(C(C)(C)C)c2ccccc2-c2ccc(-c3c4ccccc4c(-c4ccc(-c5cc(-c6ccccc6)cc(-c6ccccc6)c5)cc4)c4ccccc34)cc21. The Morgan fingerprint density at radius 3 is 1.21 bits per heavy atom. The van der Waals surface area contributed by atoms with Crippen LogP contribution in [-0.4, -0.2) is 0 Å². The molecule has 10 rings (SSSR count). The first-order valence-electron chi connectivity index (χ1n) is 20.4. The second-order valence-electron chi connectivity index (χ2n) is 16.8. The molecule has 0 saturated carbocycles. The Hall–Kier alpha value is -6.50. The highest BCUT2D eigenvalue weighted by Gasteiger charge is 2.49. The molecule has 0 aliphatic heterocycles. The molecule has 0 heteroatoms. The van der Waals surface area contributed by atoms with Crippen molar-refractivity contribution in [2.45, 2.75) is 39.5 Å². The van der Waals surface area contributed by atoms with E-state index >= 15 is 0 Å². The summed E-state index contributed by atoms with van der Waals surface area (Å²) in [4.78, 5) is 0. The molecule has 0 N–H and O–H groups in total. The number of hydrogen-bond acceptors (Lipinski definition) is 0. The van der Waals surface area contributed by atoms with Crippen molar-refractivity contribution in [1.82, 2.24) is 0 Å². The van der Waals surface area contributed by atoms with Crippen molar-refractivity contribution in [1.29, 1.82) is 0 Å². The van der Waals surface area contributed by atoms with E-state index in [-0.39, 0.29) is 10.8 Å². The standard InChI is InChI=1S/C57H46/c1-5-57(56(2,3)4)52-27-17-16-22-46(52)47-33-32-42(37-53(47)57)55-50-25-14-12-23-48(50)54(49-24-13-15-26-51(49)55)41-30-28-40(29-31-41)45-35-43(38-18-8-6-9-19-38)34-44(36-45)39-20-10-7-11-21-39/h6-37H,5H2,1-4H3. The summed E-state index contributed by atoms with van der Waals surface area (Å²) in [6.45, 7) is 9.63. The third kappa shape index (κ3) is 5.58. The van der Waals surface area contributed by atoms with Crippen LogP contribution >= 0.6 is 0 Å². The monoisotopic (exact) mass is 730 g/mol. The molecule has 0 heterocycles. The zero-order valence-corrected chi connectivity index (χ0v) is 33.2. The normalized spacial score (nSPS) is 14.8. The van der Waals surface area contributed by atoms with Gasteiger partial charge in [-0.25, -0.2) is 0 Å². The average molecular weight is 731 g/mol. The van der Waals surface area contributed by atoms with Gasteiger partial charge in [-0.05, 0) is 136 Å². The molecule has 9 aromatic rings. The molecule has 0 bridgehead atoms. The summed E-state index contributed by atoms with van der Waals surface area (Å²) >= 11 is 0. The molecular formula is C57H46. The van der Waals surface area contributed by atoms with Gasteiger partial charge in [-0.2, -0.15) is 0 Å². The van der Waals surface area contributed by atoms with Gasteiger partial charge in [0.05, 0.1) is 0 Å². The quantitative estimate of drug-likeness (QED) is 0.149. The lowest BCUT2D eigenvalue weighted by Gasteiger charge is -2.43. The highest BCUT2D eigenvalue weighted by molar-refractivity contribution is 6.21. The van der Waals surface area contributed by atoms with E-state index in [2.05, 4.69) is 222 Å². The van der Waals surface area contributed by atoms with Gasteiger partial charge in [0, 0.05) is 5.41 Å². The Morgan fingerprint density at radius 2 is 0.719 bits per heavy atom. The number of benzene rings is 9. The van der Waals surface area contributed by atoms with Gasteiger partial charge in [-0.3, -0.25) is 0 Å². The topological polar surface area (TPSA) is 0 Å². The summed E-state index contributed by atoms with van der Waals surface area (Å²) in [6.07, 6.45) is 1.05. The van der Waals surface area contributed by atoms with Crippen LogP contribution in [0.3, 0.4) is 0 Å². The fourth-order valence-corrected chi connectivity index (χ4v) is 10.2. The molecule has 57 heavy (non-hydrogen) atoms. The second kappa shape index (κ2) is 13.6. The number of rotatable bonds is 6. The first kappa shape index (κ1) is 35.0. The van der Waals surface area contributed by atoms with Gasteiger partial charge in [0.1, 0.15) is 0 Å². The minimum atomic E-state index is -0.0787. The van der Waals surface area contributed by atoms with E-state index < -0.39 is 0 Å². The third-order valence-electron chi connectivity index (χ3n) is 12.8. The Balaban J connectivity index is 1.13. The van der Waals surface area contributed by atoms with E-state index in [1.165, 1.54) is 99.4 Å². The van der Waals surface area contributed by atoms with Crippen molar-refractivity contribution in [3.8, 4) is 66.8 Å². The van der Waals surface area contributed by atoms with Crippen LogP contribution in [0.15, 0.2) is 194 Å². The van der Waals surface area contributed by atoms with Crippen LogP contribution in [0.1, 0.15) is 45.2 Å². The van der Waals surface area contributed by atoms with E-state index in [1.807, 2.05) is 0 Å². The highest BCUT2D eigenvalue weighted by Crippen LogP contribution is 2.59. The van der Waals surface area contributed by atoms with Crippen LogP contribution < -0.4 is 0 Å². The molecule has 0 saturated heterocycles. The van der Waals surface area contributed by atoms with Crippen molar-refractivity contribution < 1.29 is 0 Å². The van der Waals surface area contributed by atoms with Crippen LogP contribution in [-0.2, 0) is 5.41 Å². The van der Waals surface area contributed by atoms with Gasteiger partial charge in [0.25, 0.3) is 0 Å². The predicted molar refractivity (Wildman–Crippen MR) is 245 cm³/mol. The smallest absolute Gasteiger partial charge is 0.0261 e. The maximum Gasteiger partial charge on any atom is 0.0261 e. The van der Waals surface area contributed by atoms with Crippen molar-refractivity contribution in [3.05, 3.63) is 205 Å². The number of hydrogen-bond donors (Lipinski definition) is 0. The summed E-state index contributed by atoms with van der Waals surface area (Å²) in [6, 6.07) is 72.2. The minimum Gasteiger partial charge on any atom is -0.0642 e. The van der Waals surface area contributed by atoms with Crippen molar-refractivity contribution in [3.63, 3.8) is 0 Å². The highest BCUT2D eigenvalue weighted by atomic mass is 14.5. The Morgan fingerprint density at radius 1 is 0.333 bits per heavy atom. The van der Waals surface area contributed by atoms with Gasteiger partial charge < -0.3 is 0 Å². The van der Waals surface area contributed by atoms with Crippen LogP contribution in [0.4, 0.5) is 0 Å². The first-order valence-corrected chi connectivity index (χ1v) is 20.4. The molecule has 1 aliphatic carbocycles. The number of fused-ring (bicyclic) bond motifs is 5. The van der Waals surface area contributed by atoms with Crippen LogP contribution in [0.25, 0.3) is 88.3 Å². The lowest BCUT2D eigenvalue weighted by atomic mass is 9.59. The molecule has 0 nitrogen and oxygen atoms in total. The fourth-order valence-electron chi connectivity index (χ4n) is 10.2. The summed E-state index contributed by atoms with van der Waals surface area (Å²) in [5.74, 6) is 0. The molecule has 0 spiro atoms. The molecule has 1 aliphatic rings. The van der Waals surface area contributed by atoms with Crippen molar-refractivity contribution in [2.75, 3.05) is 0 Å². The zero-order valence-electron chi connectivity index (χ0n) is 33.2. The molecule has 0 amide bonds. The van der Waals surface area contributed by atoms with E-state index in [4.69, 9.17) is 0 Å². The summed E-state index contributed by atoms with van der Waals surface area (Å²) < 4.78 is 0. The van der Waals surface area contributed by atoms with Gasteiger partial charge in [0.15, 0.2) is 0 Å². The largest absolute Gasteiger partial charge is 0.0642 e. The Labute approximate surface area is 337 Å². The molecule has 0 aromatic heterocycles. The first-order chi connectivity index (χ1) is 27.9. The average Bonchev–Trinajstić information content (AvgIpc) is 3.56. The molecule has 0 radical (unpaired) electrons. The van der Waals surface area contributed by atoms with Crippen LogP contribution in [0.5, 0.6) is 0 Å². The van der Waals surface area contributed by atoms with Gasteiger partial charge >= 0.3 is 0 Å². The van der Waals surface area contributed by atoms with Gasteiger partial charge in [-0.1, -0.05) is 198 Å². The van der Waals surface area contributed by atoms with Gasteiger partial charge in [0.2, 0.25) is 0 Å². The summed E-state index contributed by atoms with van der Waals surface area (Å²) in [5, 5.41) is 5.12. The van der Waals surface area contributed by atoms with Crippen molar-refractivity contribution >= 4 is 21.5 Å². The van der Waals surface area contributed by atoms with Crippen LogP contribution in [0, 0.1) is 5.41 Å². The molecular weight excluding hydrogens is 685 g/mol. The van der Waals surface area contributed by atoms with Crippen LogP contribution in [0.2, 0.25) is 0 Å². The molecule has 1 atom stereocenters. The molecule has 1 unspecified atom stereocenters. The van der Waals surface area contributed by atoms with Crippen molar-refractivity contribution in [2.24, 2.45) is 5.41 Å². The van der Waals surface area contributed by atoms with E-state index in [1.54, 1.807) is 0 Å². The lowest BCUT2D eigenvalue weighted by molar-refractivity contribution is 0.225. The van der Waals surface area contributed by atoms with Gasteiger partial charge in [-0.15, -0.1) is 0 Å². The summed E-state index contributed by atoms with van der Waals surface area (Å²) in [5.41, 5.74) is 18.0. The second-order valence-corrected chi connectivity index (χ2v) is 16.8. The third-order valence-corrected chi connectivity index (χ3v) is 12.8. The lowest BCUT2D eigenvalue weighted by Crippen LogP contribution is -2.39. The molecule has 0 fully saturated rings. The van der Waals surface area contributed by atoms with E-state index in [9.17, 15) is 0 Å². The summed E-state index contributed by atoms with van der Waals surface area (Å²) in [7, 11) is 0. The van der Waals surface area contributed by atoms with E-state index in [0.717, 1.165) is 6.42 Å². The Bertz CT molecular complexity index is 2830. The minimum absolute atomic E-state index is 0.0356. The zero-order chi connectivity index (χ0) is 38.7. The fraction of sp³-hybridized carbons (Fsp3) is 0.123. The molecule has 274 valence electrons. The maximum absolute atomic E-state index is 2.54. The van der Waals surface area contributed by atoms with E-state index in [0.29, 0.717) is 0 Å². The predicted octanol–water partition coefficient (Wildman–Crippen LogP) is 16.1. The Kier molecular flexibility index (Phi) is 8.34. The molecule has 9 aromatic carbocycles.